The van der Waals surface area contributed by atoms with E-state index in [9.17, 15) is 4.79 Å². The van der Waals surface area contributed by atoms with Crippen LogP contribution in [-0.4, -0.2) is 18.1 Å². The maximum atomic E-state index is 12.0. The summed E-state index contributed by atoms with van der Waals surface area (Å²) in [6.07, 6.45) is 1.70. The number of esters is 1. The highest BCUT2D eigenvalue weighted by Gasteiger charge is 2.22. The van der Waals surface area contributed by atoms with Crippen molar-refractivity contribution in [3.8, 4) is 0 Å². The minimum absolute atomic E-state index is 0.100. The van der Waals surface area contributed by atoms with Crippen molar-refractivity contribution in [3.63, 3.8) is 0 Å². The Morgan fingerprint density at radius 1 is 1.36 bits per heavy atom. The fraction of sp³-hybridized carbons (Fsp3) is 0.125. The van der Waals surface area contributed by atoms with Gasteiger partial charge >= 0.3 is 5.97 Å². The van der Waals surface area contributed by atoms with E-state index in [1.54, 1.807) is 24.4 Å². The summed E-state index contributed by atoms with van der Waals surface area (Å²) in [5, 5.41) is 4.45. The number of aryl methyl sites for hydroxylation is 1. The molecule has 0 bridgehead atoms. The Kier molecular flexibility index (Phi) is 3.73. The molecule has 3 rings (SSSR count). The molecule has 0 atom stereocenters. The number of hydrogen-bond acceptors (Lipinski definition) is 5. The SMILES string of the molecule is COC(=O)c1oc2ccc(Cl)cc2c1Nc1cccnc1C. The lowest BCUT2D eigenvalue weighted by atomic mass is 10.2. The maximum absolute atomic E-state index is 12.0. The minimum Gasteiger partial charge on any atom is -0.463 e. The number of pyridine rings is 1. The largest absolute Gasteiger partial charge is 0.463 e. The van der Waals surface area contributed by atoms with E-state index in [0.29, 0.717) is 21.7 Å². The minimum atomic E-state index is -0.559. The van der Waals surface area contributed by atoms with Crippen molar-refractivity contribution in [3.05, 3.63) is 53.0 Å². The number of carbonyl (C=O) groups excluding carboxylic acids is 1. The Labute approximate surface area is 131 Å². The Balaban J connectivity index is 2.19. The standard InChI is InChI=1S/C16H13ClN2O3/c1-9-12(4-3-7-18-9)19-14-11-8-10(17)5-6-13(11)22-15(14)16(20)21-2/h3-8,19H,1-2H3. The molecule has 2 aromatic heterocycles. The Morgan fingerprint density at radius 2 is 2.18 bits per heavy atom. The second-order valence-electron chi connectivity index (χ2n) is 4.70. The van der Waals surface area contributed by atoms with Gasteiger partial charge in [0.25, 0.3) is 0 Å². The molecule has 0 aliphatic heterocycles. The third kappa shape index (κ3) is 2.51. The smallest absolute Gasteiger partial charge is 0.376 e. The lowest BCUT2D eigenvalue weighted by Crippen LogP contribution is -2.04. The van der Waals surface area contributed by atoms with Gasteiger partial charge in [-0.2, -0.15) is 0 Å². The first-order chi connectivity index (χ1) is 10.6. The number of nitrogens with zero attached hydrogens (tertiary/aromatic N) is 1. The maximum Gasteiger partial charge on any atom is 0.376 e. The summed E-state index contributed by atoms with van der Waals surface area (Å²) in [4.78, 5) is 16.2. The zero-order chi connectivity index (χ0) is 15.7. The number of methoxy groups -OCH3 is 1. The van der Waals surface area contributed by atoms with Gasteiger partial charge in [-0.3, -0.25) is 4.98 Å². The summed E-state index contributed by atoms with van der Waals surface area (Å²) in [6, 6.07) is 8.83. The van der Waals surface area contributed by atoms with Crippen LogP contribution >= 0.6 is 11.6 Å². The quantitative estimate of drug-likeness (QED) is 0.729. The summed E-state index contributed by atoms with van der Waals surface area (Å²) in [5.74, 6) is -0.459. The number of halogens is 1. The first-order valence-corrected chi connectivity index (χ1v) is 6.97. The Hall–Kier alpha value is -2.53. The molecule has 5 nitrogen and oxygen atoms in total. The molecule has 0 amide bonds. The average molecular weight is 317 g/mol. The van der Waals surface area contributed by atoms with Crippen molar-refractivity contribution in [2.24, 2.45) is 0 Å². The Bertz CT molecular complexity index is 858. The van der Waals surface area contributed by atoms with Gasteiger partial charge in [0, 0.05) is 16.6 Å². The molecular formula is C16H13ClN2O3. The molecule has 3 aromatic rings. The van der Waals surface area contributed by atoms with Gasteiger partial charge < -0.3 is 14.5 Å². The van der Waals surface area contributed by atoms with Gasteiger partial charge in [0.05, 0.1) is 18.5 Å². The molecule has 0 saturated carbocycles. The molecule has 0 saturated heterocycles. The van der Waals surface area contributed by atoms with E-state index in [2.05, 4.69) is 10.3 Å². The van der Waals surface area contributed by atoms with E-state index in [4.69, 9.17) is 20.8 Å². The molecule has 2 heterocycles. The number of furan rings is 1. The molecule has 6 heteroatoms. The summed E-state index contributed by atoms with van der Waals surface area (Å²) < 4.78 is 10.4. The fourth-order valence-corrected chi connectivity index (χ4v) is 2.35. The molecule has 1 aromatic carbocycles. The van der Waals surface area contributed by atoms with Crippen LogP contribution in [0, 0.1) is 6.92 Å². The van der Waals surface area contributed by atoms with Crippen LogP contribution in [0.5, 0.6) is 0 Å². The zero-order valence-corrected chi connectivity index (χ0v) is 12.8. The van der Waals surface area contributed by atoms with Crippen molar-refractivity contribution in [1.82, 2.24) is 4.98 Å². The predicted octanol–water partition coefficient (Wildman–Crippen LogP) is 4.32. The molecule has 0 radical (unpaired) electrons. The third-order valence-corrected chi connectivity index (χ3v) is 3.52. The highest BCUT2D eigenvalue weighted by molar-refractivity contribution is 6.31. The van der Waals surface area contributed by atoms with Crippen molar-refractivity contribution in [1.29, 1.82) is 0 Å². The van der Waals surface area contributed by atoms with E-state index >= 15 is 0 Å². The molecule has 0 unspecified atom stereocenters. The topological polar surface area (TPSA) is 64.4 Å². The molecular weight excluding hydrogens is 304 g/mol. The lowest BCUT2D eigenvalue weighted by molar-refractivity contribution is 0.0569. The monoisotopic (exact) mass is 316 g/mol. The molecule has 1 N–H and O–H groups in total. The summed E-state index contributed by atoms with van der Waals surface area (Å²) in [5.41, 5.74) is 2.64. The van der Waals surface area contributed by atoms with Gasteiger partial charge in [-0.1, -0.05) is 11.6 Å². The van der Waals surface area contributed by atoms with E-state index in [1.807, 2.05) is 19.1 Å². The van der Waals surface area contributed by atoms with Crippen LogP contribution in [0.25, 0.3) is 11.0 Å². The van der Waals surface area contributed by atoms with Crippen molar-refractivity contribution in [2.45, 2.75) is 6.92 Å². The average Bonchev–Trinajstić information content (AvgIpc) is 2.87. The summed E-state index contributed by atoms with van der Waals surface area (Å²) in [7, 11) is 1.31. The number of aromatic nitrogens is 1. The van der Waals surface area contributed by atoms with Gasteiger partial charge in [0.15, 0.2) is 0 Å². The van der Waals surface area contributed by atoms with Crippen LogP contribution in [-0.2, 0) is 4.74 Å². The molecule has 0 aliphatic carbocycles. The van der Waals surface area contributed by atoms with Crippen molar-refractivity contribution >= 4 is 39.9 Å². The Morgan fingerprint density at radius 3 is 2.91 bits per heavy atom. The lowest BCUT2D eigenvalue weighted by Gasteiger charge is -2.08. The summed E-state index contributed by atoms with van der Waals surface area (Å²) in [6.45, 7) is 1.87. The molecule has 0 fully saturated rings. The number of hydrogen-bond donors (Lipinski definition) is 1. The molecule has 22 heavy (non-hydrogen) atoms. The summed E-state index contributed by atoms with van der Waals surface area (Å²) >= 11 is 6.05. The number of fused-ring (bicyclic) bond motifs is 1. The van der Waals surface area contributed by atoms with Crippen LogP contribution in [0.15, 0.2) is 40.9 Å². The number of anilines is 2. The number of ether oxygens (including phenoxy) is 1. The van der Waals surface area contributed by atoms with Crippen LogP contribution in [0.2, 0.25) is 5.02 Å². The number of carbonyl (C=O) groups is 1. The van der Waals surface area contributed by atoms with E-state index in [0.717, 1.165) is 11.4 Å². The number of benzene rings is 1. The zero-order valence-electron chi connectivity index (χ0n) is 12.0. The van der Waals surface area contributed by atoms with E-state index in [1.165, 1.54) is 7.11 Å². The third-order valence-electron chi connectivity index (χ3n) is 3.29. The normalized spacial score (nSPS) is 10.7. The van der Waals surface area contributed by atoms with Crippen molar-refractivity contribution < 1.29 is 13.9 Å². The van der Waals surface area contributed by atoms with Crippen LogP contribution < -0.4 is 5.32 Å². The first-order valence-electron chi connectivity index (χ1n) is 6.59. The fourth-order valence-electron chi connectivity index (χ4n) is 2.18. The van der Waals surface area contributed by atoms with Crippen molar-refractivity contribution in [2.75, 3.05) is 12.4 Å². The predicted molar refractivity (Wildman–Crippen MR) is 84.8 cm³/mol. The van der Waals surface area contributed by atoms with Crippen LogP contribution in [0.1, 0.15) is 16.2 Å². The molecule has 0 aliphatic rings. The van der Waals surface area contributed by atoms with Gasteiger partial charge in [0.2, 0.25) is 5.76 Å². The van der Waals surface area contributed by atoms with Crippen LogP contribution in [0.3, 0.4) is 0 Å². The van der Waals surface area contributed by atoms with E-state index < -0.39 is 5.97 Å². The van der Waals surface area contributed by atoms with Gasteiger partial charge in [-0.05, 0) is 37.3 Å². The second-order valence-corrected chi connectivity index (χ2v) is 5.14. The highest BCUT2D eigenvalue weighted by Crippen LogP contribution is 2.35. The van der Waals surface area contributed by atoms with Gasteiger partial charge in [-0.15, -0.1) is 0 Å². The first kappa shape index (κ1) is 14.4. The van der Waals surface area contributed by atoms with Gasteiger partial charge in [-0.25, -0.2) is 4.79 Å². The van der Waals surface area contributed by atoms with Gasteiger partial charge in [0.1, 0.15) is 11.3 Å². The molecule has 112 valence electrons. The molecule has 0 spiro atoms. The highest BCUT2D eigenvalue weighted by atomic mass is 35.5. The number of nitrogens with one attached hydrogen (secondary N) is 1. The van der Waals surface area contributed by atoms with Crippen LogP contribution in [0.4, 0.5) is 11.4 Å². The number of rotatable bonds is 3. The van der Waals surface area contributed by atoms with E-state index in [-0.39, 0.29) is 5.76 Å². The second kappa shape index (κ2) is 5.69.